The predicted octanol–water partition coefficient (Wildman–Crippen LogP) is 1.27. The first-order valence-corrected chi connectivity index (χ1v) is 8.57. The van der Waals surface area contributed by atoms with Crippen LogP contribution >= 0.6 is 0 Å². The molecule has 0 bridgehead atoms. The van der Waals surface area contributed by atoms with Gasteiger partial charge in [-0.1, -0.05) is 19.1 Å². The molecule has 128 valence electrons. The molecule has 2 aliphatic rings. The summed E-state index contributed by atoms with van der Waals surface area (Å²) in [6, 6.07) is 6.81. The van der Waals surface area contributed by atoms with Crippen LogP contribution in [0.15, 0.2) is 24.3 Å². The number of rotatable bonds is 5. The number of fused-ring (bicyclic) bond motifs is 1. The van der Waals surface area contributed by atoms with Crippen molar-refractivity contribution in [2.75, 3.05) is 26.2 Å². The standard InChI is InChI=1S/C18H23N3O3/c1-2-9-20-10-7-13(8-11-20)19-16(22)12-21-17(23)14-5-3-4-6-15(14)18(21)24/h3-6,13H,2,7-12H2,1H3,(H,19,22). The number of nitrogens with zero attached hydrogens (tertiary/aromatic N) is 2. The van der Waals surface area contributed by atoms with Crippen molar-refractivity contribution in [2.24, 2.45) is 0 Å². The second-order valence-corrected chi connectivity index (χ2v) is 6.43. The molecule has 0 aromatic heterocycles. The molecular weight excluding hydrogens is 306 g/mol. The van der Waals surface area contributed by atoms with Gasteiger partial charge < -0.3 is 10.2 Å². The molecule has 0 aliphatic carbocycles. The number of benzene rings is 1. The summed E-state index contributed by atoms with van der Waals surface area (Å²) in [5.74, 6) is -1.04. The molecule has 1 aromatic carbocycles. The van der Waals surface area contributed by atoms with Crippen molar-refractivity contribution in [3.05, 3.63) is 35.4 Å². The van der Waals surface area contributed by atoms with Crippen LogP contribution < -0.4 is 5.32 Å². The molecule has 0 radical (unpaired) electrons. The van der Waals surface area contributed by atoms with Gasteiger partial charge in [0.1, 0.15) is 6.54 Å². The number of carbonyl (C=O) groups is 3. The first-order chi connectivity index (χ1) is 11.6. The largest absolute Gasteiger partial charge is 0.352 e. The number of imide groups is 1. The summed E-state index contributed by atoms with van der Waals surface area (Å²) in [6.45, 7) is 5.00. The average molecular weight is 329 g/mol. The Hall–Kier alpha value is -2.21. The first-order valence-electron chi connectivity index (χ1n) is 8.57. The second kappa shape index (κ2) is 7.13. The molecule has 0 unspecified atom stereocenters. The van der Waals surface area contributed by atoms with Gasteiger partial charge in [-0.2, -0.15) is 0 Å². The van der Waals surface area contributed by atoms with E-state index in [1.807, 2.05) is 0 Å². The maximum absolute atomic E-state index is 12.3. The highest BCUT2D eigenvalue weighted by atomic mass is 16.2. The SMILES string of the molecule is CCCN1CCC(NC(=O)CN2C(=O)c3ccccc3C2=O)CC1. The Bertz CT molecular complexity index is 616. The number of amides is 3. The lowest BCUT2D eigenvalue weighted by Gasteiger charge is -2.32. The van der Waals surface area contributed by atoms with E-state index in [0.717, 1.165) is 43.8 Å². The maximum Gasteiger partial charge on any atom is 0.262 e. The van der Waals surface area contributed by atoms with E-state index in [-0.39, 0.29) is 30.3 Å². The minimum atomic E-state index is -0.386. The molecule has 24 heavy (non-hydrogen) atoms. The van der Waals surface area contributed by atoms with Crippen molar-refractivity contribution in [1.82, 2.24) is 15.1 Å². The Balaban J connectivity index is 1.53. The minimum Gasteiger partial charge on any atom is -0.352 e. The molecule has 0 spiro atoms. The summed E-state index contributed by atoms with van der Waals surface area (Å²) >= 11 is 0. The number of likely N-dealkylation sites (tertiary alicyclic amines) is 1. The quantitative estimate of drug-likeness (QED) is 0.826. The molecule has 6 nitrogen and oxygen atoms in total. The number of hydrogen-bond donors (Lipinski definition) is 1. The third-order valence-corrected chi connectivity index (χ3v) is 4.67. The number of piperidine rings is 1. The van der Waals surface area contributed by atoms with Gasteiger partial charge in [0, 0.05) is 19.1 Å². The summed E-state index contributed by atoms with van der Waals surface area (Å²) in [7, 11) is 0. The molecule has 2 aliphatic heterocycles. The number of hydrogen-bond acceptors (Lipinski definition) is 4. The van der Waals surface area contributed by atoms with Crippen LogP contribution in [0.2, 0.25) is 0 Å². The Labute approximate surface area is 141 Å². The Morgan fingerprint density at radius 1 is 1.12 bits per heavy atom. The zero-order valence-corrected chi connectivity index (χ0v) is 14.0. The fourth-order valence-electron chi connectivity index (χ4n) is 3.42. The van der Waals surface area contributed by atoms with Crippen molar-refractivity contribution < 1.29 is 14.4 Å². The molecule has 1 saturated heterocycles. The molecule has 2 heterocycles. The molecule has 1 fully saturated rings. The highest BCUT2D eigenvalue weighted by molar-refractivity contribution is 6.22. The van der Waals surface area contributed by atoms with Gasteiger partial charge in [0.2, 0.25) is 5.91 Å². The summed E-state index contributed by atoms with van der Waals surface area (Å²) in [5, 5.41) is 2.96. The van der Waals surface area contributed by atoms with Crippen LogP contribution in [0.25, 0.3) is 0 Å². The van der Waals surface area contributed by atoms with Crippen LogP contribution in [0.3, 0.4) is 0 Å². The van der Waals surface area contributed by atoms with Gasteiger partial charge in [0.15, 0.2) is 0 Å². The summed E-state index contributed by atoms with van der Waals surface area (Å²) in [5.41, 5.74) is 0.756. The van der Waals surface area contributed by atoms with Crippen LogP contribution in [-0.4, -0.2) is 59.7 Å². The van der Waals surface area contributed by atoms with E-state index in [4.69, 9.17) is 0 Å². The Kier molecular flexibility index (Phi) is 4.94. The minimum absolute atomic E-state index is 0.126. The van der Waals surface area contributed by atoms with Gasteiger partial charge in [-0.15, -0.1) is 0 Å². The number of nitrogens with one attached hydrogen (secondary N) is 1. The van der Waals surface area contributed by atoms with Gasteiger partial charge in [0.25, 0.3) is 11.8 Å². The van der Waals surface area contributed by atoms with E-state index < -0.39 is 0 Å². The lowest BCUT2D eigenvalue weighted by Crippen LogP contribution is -2.48. The van der Waals surface area contributed by atoms with Crippen molar-refractivity contribution in [3.8, 4) is 0 Å². The highest BCUT2D eigenvalue weighted by Gasteiger charge is 2.36. The van der Waals surface area contributed by atoms with Crippen LogP contribution in [0.1, 0.15) is 46.9 Å². The monoisotopic (exact) mass is 329 g/mol. The predicted molar refractivity (Wildman–Crippen MR) is 89.7 cm³/mol. The maximum atomic E-state index is 12.3. The van der Waals surface area contributed by atoms with Crippen molar-refractivity contribution >= 4 is 17.7 Å². The van der Waals surface area contributed by atoms with Crippen LogP contribution in [0, 0.1) is 0 Å². The van der Waals surface area contributed by atoms with Gasteiger partial charge in [-0.3, -0.25) is 19.3 Å². The summed E-state index contributed by atoms with van der Waals surface area (Å²) < 4.78 is 0. The zero-order chi connectivity index (χ0) is 17.1. The molecule has 1 aromatic rings. The zero-order valence-electron chi connectivity index (χ0n) is 14.0. The highest BCUT2D eigenvalue weighted by Crippen LogP contribution is 2.22. The van der Waals surface area contributed by atoms with E-state index in [9.17, 15) is 14.4 Å². The smallest absolute Gasteiger partial charge is 0.262 e. The lowest BCUT2D eigenvalue weighted by atomic mass is 10.0. The van der Waals surface area contributed by atoms with E-state index in [0.29, 0.717) is 11.1 Å². The third-order valence-electron chi connectivity index (χ3n) is 4.67. The van der Waals surface area contributed by atoms with Crippen molar-refractivity contribution in [1.29, 1.82) is 0 Å². The van der Waals surface area contributed by atoms with Gasteiger partial charge in [-0.25, -0.2) is 0 Å². The third kappa shape index (κ3) is 3.33. The molecule has 6 heteroatoms. The fraction of sp³-hybridized carbons (Fsp3) is 0.500. The van der Waals surface area contributed by atoms with E-state index in [1.165, 1.54) is 0 Å². The molecule has 1 N–H and O–H groups in total. The molecule has 3 rings (SSSR count). The fourth-order valence-corrected chi connectivity index (χ4v) is 3.42. The van der Waals surface area contributed by atoms with E-state index in [2.05, 4.69) is 17.1 Å². The van der Waals surface area contributed by atoms with Crippen molar-refractivity contribution in [3.63, 3.8) is 0 Å². The molecule has 0 saturated carbocycles. The van der Waals surface area contributed by atoms with Gasteiger partial charge in [-0.05, 0) is 37.9 Å². The van der Waals surface area contributed by atoms with Crippen LogP contribution in [0.4, 0.5) is 0 Å². The second-order valence-electron chi connectivity index (χ2n) is 6.43. The van der Waals surface area contributed by atoms with E-state index >= 15 is 0 Å². The molecule has 3 amide bonds. The van der Waals surface area contributed by atoms with Gasteiger partial charge in [0.05, 0.1) is 11.1 Å². The molecular formula is C18H23N3O3. The first kappa shape index (κ1) is 16.6. The topological polar surface area (TPSA) is 69.7 Å². The lowest BCUT2D eigenvalue weighted by molar-refractivity contribution is -0.122. The summed E-state index contributed by atoms with van der Waals surface area (Å²) in [6.07, 6.45) is 2.96. The van der Waals surface area contributed by atoms with Crippen molar-refractivity contribution in [2.45, 2.75) is 32.2 Å². The van der Waals surface area contributed by atoms with Gasteiger partial charge >= 0.3 is 0 Å². The normalized spacial score (nSPS) is 18.8. The summed E-state index contributed by atoms with van der Waals surface area (Å²) in [4.78, 5) is 40.2. The van der Waals surface area contributed by atoms with E-state index in [1.54, 1.807) is 24.3 Å². The average Bonchev–Trinajstić information content (AvgIpc) is 2.82. The molecule has 0 atom stereocenters. The Morgan fingerprint density at radius 2 is 1.71 bits per heavy atom. The van der Waals surface area contributed by atoms with Crippen LogP contribution in [-0.2, 0) is 4.79 Å². The van der Waals surface area contributed by atoms with Crippen LogP contribution in [0.5, 0.6) is 0 Å². The Morgan fingerprint density at radius 3 is 2.25 bits per heavy atom. The number of carbonyl (C=O) groups excluding carboxylic acids is 3.